The minimum Gasteiger partial charge on any atom is -0.462 e. The van der Waals surface area contributed by atoms with Crippen LogP contribution in [0.4, 0.5) is 9.93 Å². The fourth-order valence-corrected chi connectivity index (χ4v) is 2.58. The molecule has 2 aromatic rings. The van der Waals surface area contributed by atoms with Crippen LogP contribution in [-0.4, -0.2) is 30.3 Å². The van der Waals surface area contributed by atoms with Crippen molar-refractivity contribution in [2.75, 3.05) is 18.5 Å². The summed E-state index contributed by atoms with van der Waals surface area (Å²) in [6.07, 6.45) is -0.529. The second kappa shape index (κ2) is 7.22. The molecular formula is C15H18N2O4S. The van der Waals surface area contributed by atoms with Crippen molar-refractivity contribution in [3.05, 3.63) is 23.8 Å². The van der Waals surface area contributed by atoms with Crippen LogP contribution < -0.4 is 5.32 Å². The van der Waals surface area contributed by atoms with Crippen LogP contribution in [0.1, 0.15) is 31.1 Å². The minimum absolute atomic E-state index is 0.272. The van der Waals surface area contributed by atoms with E-state index in [1.807, 2.05) is 13.8 Å². The maximum atomic E-state index is 11.7. The van der Waals surface area contributed by atoms with E-state index < -0.39 is 6.09 Å². The topological polar surface area (TPSA) is 77.5 Å². The highest BCUT2D eigenvalue weighted by Crippen LogP contribution is 2.27. The zero-order valence-corrected chi connectivity index (χ0v) is 13.5. The van der Waals surface area contributed by atoms with Crippen molar-refractivity contribution in [3.8, 4) is 0 Å². The zero-order valence-electron chi connectivity index (χ0n) is 12.7. The fraction of sp³-hybridized carbons (Fsp3) is 0.400. The first kappa shape index (κ1) is 16.2. The van der Waals surface area contributed by atoms with Crippen molar-refractivity contribution < 1.29 is 19.1 Å². The molecule has 0 radical (unpaired) electrons. The Labute approximate surface area is 132 Å². The highest BCUT2D eigenvalue weighted by molar-refractivity contribution is 7.22. The summed E-state index contributed by atoms with van der Waals surface area (Å²) in [6.45, 7) is 6.36. The molecule has 0 aliphatic rings. The first-order chi connectivity index (χ1) is 10.5. The van der Waals surface area contributed by atoms with E-state index >= 15 is 0 Å². The molecule has 0 atom stereocenters. The smallest absolute Gasteiger partial charge is 0.413 e. The predicted octanol–water partition coefficient (Wildman–Crippen LogP) is 3.68. The van der Waals surface area contributed by atoms with Gasteiger partial charge in [-0.1, -0.05) is 25.2 Å². The number of carbonyl (C=O) groups excluding carboxylic acids is 2. The molecule has 7 heteroatoms. The number of carbonyl (C=O) groups is 2. The molecule has 0 aliphatic carbocycles. The van der Waals surface area contributed by atoms with Gasteiger partial charge in [-0.3, -0.25) is 5.32 Å². The largest absolute Gasteiger partial charge is 0.462 e. The number of thiazole rings is 1. The summed E-state index contributed by atoms with van der Waals surface area (Å²) in [5.41, 5.74) is 1.17. The Morgan fingerprint density at radius 3 is 2.77 bits per heavy atom. The van der Waals surface area contributed by atoms with Gasteiger partial charge in [-0.2, -0.15) is 0 Å². The van der Waals surface area contributed by atoms with E-state index in [1.165, 1.54) is 11.3 Å². The van der Waals surface area contributed by atoms with E-state index in [4.69, 9.17) is 9.47 Å². The third kappa shape index (κ3) is 4.17. The maximum absolute atomic E-state index is 11.7. The normalized spacial score (nSPS) is 10.7. The van der Waals surface area contributed by atoms with Crippen LogP contribution in [0.5, 0.6) is 0 Å². The second-order valence-corrected chi connectivity index (χ2v) is 6.07. The molecular weight excluding hydrogens is 304 g/mol. The average molecular weight is 322 g/mol. The Kier molecular flexibility index (Phi) is 5.32. The van der Waals surface area contributed by atoms with Crippen molar-refractivity contribution in [1.29, 1.82) is 0 Å². The molecule has 1 N–H and O–H groups in total. The third-order valence-electron chi connectivity index (χ3n) is 2.66. The van der Waals surface area contributed by atoms with Gasteiger partial charge in [-0.25, -0.2) is 14.6 Å². The molecule has 1 heterocycles. The number of aromatic nitrogens is 1. The highest BCUT2D eigenvalue weighted by Gasteiger charge is 2.12. The number of anilines is 1. The molecule has 2 rings (SSSR count). The van der Waals surface area contributed by atoms with Crippen molar-refractivity contribution in [3.63, 3.8) is 0 Å². The molecule has 1 amide bonds. The van der Waals surface area contributed by atoms with E-state index in [1.54, 1.807) is 25.1 Å². The Balaban J connectivity index is 2.10. The van der Waals surface area contributed by atoms with Crippen LogP contribution >= 0.6 is 11.3 Å². The van der Waals surface area contributed by atoms with E-state index in [0.29, 0.717) is 29.4 Å². The molecule has 0 unspecified atom stereocenters. The molecule has 0 fully saturated rings. The van der Waals surface area contributed by atoms with E-state index in [-0.39, 0.29) is 11.9 Å². The van der Waals surface area contributed by atoms with Gasteiger partial charge in [0.2, 0.25) is 0 Å². The first-order valence-electron chi connectivity index (χ1n) is 7.01. The van der Waals surface area contributed by atoms with Crippen LogP contribution in [0.25, 0.3) is 10.2 Å². The van der Waals surface area contributed by atoms with Gasteiger partial charge >= 0.3 is 12.1 Å². The van der Waals surface area contributed by atoms with Gasteiger partial charge in [0.25, 0.3) is 0 Å². The quantitative estimate of drug-likeness (QED) is 0.850. The molecule has 1 aromatic heterocycles. The molecule has 0 saturated heterocycles. The summed E-state index contributed by atoms with van der Waals surface area (Å²) in [4.78, 5) is 27.6. The highest BCUT2D eigenvalue weighted by atomic mass is 32.1. The lowest BCUT2D eigenvalue weighted by Crippen LogP contribution is -2.16. The van der Waals surface area contributed by atoms with Crippen LogP contribution in [0.15, 0.2) is 18.2 Å². The van der Waals surface area contributed by atoms with Crippen molar-refractivity contribution in [2.45, 2.75) is 20.8 Å². The summed E-state index contributed by atoms with van der Waals surface area (Å²) >= 11 is 1.28. The Bertz CT molecular complexity index is 681. The van der Waals surface area contributed by atoms with Gasteiger partial charge in [-0.15, -0.1) is 0 Å². The van der Waals surface area contributed by atoms with Gasteiger partial charge in [0.1, 0.15) is 0 Å². The van der Waals surface area contributed by atoms with E-state index in [0.717, 1.165) is 4.70 Å². The number of ether oxygens (including phenoxy) is 2. The number of amides is 1. The number of fused-ring (bicyclic) bond motifs is 1. The van der Waals surface area contributed by atoms with Gasteiger partial charge in [-0.05, 0) is 31.0 Å². The lowest BCUT2D eigenvalue weighted by molar-refractivity contribution is 0.0526. The molecule has 118 valence electrons. The average Bonchev–Trinajstić information content (AvgIpc) is 2.86. The first-order valence-corrected chi connectivity index (χ1v) is 7.82. The third-order valence-corrected chi connectivity index (χ3v) is 3.59. The van der Waals surface area contributed by atoms with Crippen molar-refractivity contribution in [1.82, 2.24) is 4.98 Å². The number of nitrogens with one attached hydrogen (secondary N) is 1. The van der Waals surface area contributed by atoms with Crippen LogP contribution in [-0.2, 0) is 9.47 Å². The maximum Gasteiger partial charge on any atom is 0.413 e. The summed E-state index contributed by atoms with van der Waals surface area (Å²) in [7, 11) is 0. The van der Waals surface area contributed by atoms with Crippen LogP contribution in [0.3, 0.4) is 0 Å². The van der Waals surface area contributed by atoms with Crippen LogP contribution in [0.2, 0.25) is 0 Å². The molecule has 0 saturated carbocycles. The Morgan fingerprint density at radius 1 is 1.32 bits per heavy atom. The predicted molar refractivity (Wildman–Crippen MR) is 85.4 cm³/mol. The SMILES string of the molecule is CCOC(=O)c1ccc2nc(NC(=O)OCC(C)C)sc2c1. The lowest BCUT2D eigenvalue weighted by atomic mass is 10.2. The Morgan fingerprint density at radius 2 is 2.09 bits per heavy atom. The summed E-state index contributed by atoms with van der Waals surface area (Å²) < 4.78 is 10.8. The number of esters is 1. The Hall–Kier alpha value is -2.15. The number of rotatable bonds is 5. The van der Waals surface area contributed by atoms with E-state index in [9.17, 15) is 9.59 Å². The molecule has 22 heavy (non-hydrogen) atoms. The standard InChI is InChI=1S/C15H18N2O4S/c1-4-20-13(18)10-5-6-11-12(7-10)22-14(16-11)17-15(19)21-8-9(2)3/h5-7,9H,4,8H2,1-3H3,(H,16,17,19). The molecule has 1 aromatic carbocycles. The summed E-state index contributed by atoms with van der Waals surface area (Å²) in [5.74, 6) is -0.100. The van der Waals surface area contributed by atoms with Crippen molar-refractivity contribution in [2.24, 2.45) is 5.92 Å². The second-order valence-electron chi connectivity index (χ2n) is 5.04. The van der Waals surface area contributed by atoms with Gasteiger partial charge in [0, 0.05) is 0 Å². The molecule has 0 spiro atoms. The monoisotopic (exact) mass is 322 g/mol. The summed E-state index contributed by atoms with van der Waals surface area (Å²) in [5, 5.41) is 3.03. The molecule has 0 aliphatic heterocycles. The number of hydrogen-bond donors (Lipinski definition) is 1. The number of hydrogen-bond acceptors (Lipinski definition) is 6. The van der Waals surface area contributed by atoms with Crippen LogP contribution in [0, 0.1) is 5.92 Å². The van der Waals surface area contributed by atoms with Gasteiger partial charge < -0.3 is 9.47 Å². The summed E-state index contributed by atoms with van der Waals surface area (Å²) in [6, 6.07) is 5.08. The number of nitrogens with zero attached hydrogens (tertiary/aromatic N) is 1. The minimum atomic E-state index is -0.529. The fourth-order valence-electron chi connectivity index (χ4n) is 1.69. The van der Waals surface area contributed by atoms with Gasteiger partial charge in [0.05, 0.1) is 29.0 Å². The molecule has 6 nitrogen and oxygen atoms in total. The molecule has 0 bridgehead atoms. The van der Waals surface area contributed by atoms with Gasteiger partial charge in [0.15, 0.2) is 5.13 Å². The number of benzene rings is 1. The van der Waals surface area contributed by atoms with Crippen molar-refractivity contribution >= 4 is 38.7 Å². The van der Waals surface area contributed by atoms with E-state index in [2.05, 4.69) is 10.3 Å². The lowest BCUT2D eigenvalue weighted by Gasteiger charge is -2.06. The zero-order chi connectivity index (χ0) is 16.1.